The van der Waals surface area contributed by atoms with Crippen LogP contribution >= 0.6 is 0 Å². The molecule has 0 atom stereocenters. The molecule has 0 aliphatic rings. The third-order valence-electron chi connectivity index (χ3n) is 3.24. The van der Waals surface area contributed by atoms with E-state index in [1.165, 1.54) is 0 Å². The first kappa shape index (κ1) is 13.1. The molecule has 0 unspecified atom stereocenters. The van der Waals surface area contributed by atoms with Crippen molar-refractivity contribution >= 4 is 0 Å². The average molecular weight is 278 g/mol. The third-order valence-corrected chi connectivity index (χ3v) is 3.24. The quantitative estimate of drug-likeness (QED) is 0.735. The van der Waals surface area contributed by atoms with Gasteiger partial charge >= 0.3 is 0 Å². The lowest BCUT2D eigenvalue weighted by Crippen LogP contribution is -2.00. The Labute approximate surface area is 122 Å². The summed E-state index contributed by atoms with van der Waals surface area (Å²) in [7, 11) is 0. The molecule has 0 spiro atoms. The summed E-state index contributed by atoms with van der Waals surface area (Å²) in [5.74, 6) is 1.22. The summed E-state index contributed by atoms with van der Waals surface area (Å²) >= 11 is 0. The Morgan fingerprint density at radius 1 is 1.29 bits per heavy atom. The lowest BCUT2D eigenvalue weighted by molar-refractivity contribution is 0.420. The van der Waals surface area contributed by atoms with E-state index in [0.717, 1.165) is 17.7 Å². The van der Waals surface area contributed by atoms with Crippen LogP contribution in [0.5, 0.6) is 0 Å². The standard InChI is InChI=1S/C16H14N4O/c1-2-15-18-16(21-19-15)14-7-4-8-20(14)11-13-6-3-5-12(9-13)10-17/h3-9H,2,11H2,1H3. The molecule has 104 valence electrons. The van der Waals surface area contributed by atoms with Gasteiger partial charge in [0.1, 0.15) is 5.69 Å². The minimum Gasteiger partial charge on any atom is -0.339 e. The van der Waals surface area contributed by atoms with Gasteiger partial charge in [0.05, 0.1) is 11.6 Å². The molecule has 0 saturated heterocycles. The lowest BCUT2D eigenvalue weighted by atomic mass is 10.1. The van der Waals surface area contributed by atoms with Gasteiger partial charge in [0.2, 0.25) is 0 Å². The maximum absolute atomic E-state index is 8.96. The predicted octanol–water partition coefficient (Wildman–Crippen LogP) is 3.02. The highest BCUT2D eigenvalue weighted by molar-refractivity contribution is 5.48. The zero-order valence-corrected chi connectivity index (χ0v) is 11.7. The van der Waals surface area contributed by atoms with E-state index in [0.29, 0.717) is 23.8 Å². The van der Waals surface area contributed by atoms with Crippen molar-refractivity contribution in [2.45, 2.75) is 19.9 Å². The van der Waals surface area contributed by atoms with E-state index in [9.17, 15) is 0 Å². The van der Waals surface area contributed by atoms with Gasteiger partial charge in [0.15, 0.2) is 5.82 Å². The van der Waals surface area contributed by atoms with E-state index in [1.807, 2.05) is 48.0 Å². The van der Waals surface area contributed by atoms with Gasteiger partial charge in [-0.15, -0.1) is 0 Å². The summed E-state index contributed by atoms with van der Waals surface area (Å²) in [6.07, 6.45) is 2.71. The summed E-state index contributed by atoms with van der Waals surface area (Å²) in [4.78, 5) is 4.36. The fourth-order valence-electron chi connectivity index (χ4n) is 2.18. The number of rotatable bonds is 4. The van der Waals surface area contributed by atoms with Crippen LogP contribution in [0.15, 0.2) is 47.1 Å². The van der Waals surface area contributed by atoms with Crippen LogP contribution in [0.2, 0.25) is 0 Å². The topological polar surface area (TPSA) is 67.6 Å². The number of aromatic nitrogens is 3. The Morgan fingerprint density at radius 2 is 2.19 bits per heavy atom. The van der Waals surface area contributed by atoms with Crippen molar-refractivity contribution in [1.29, 1.82) is 5.26 Å². The van der Waals surface area contributed by atoms with Crippen molar-refractivity contribution in [1.82, 2.24) is 14.7 Å². The highest BCUT2D eigenvalue weighted by atomic mass is 16.5. The molecule has 0 N–H and O–H groups in total. The number of benzene rings is 1. The fraction of sp³-hybridized carbons (Fsp3) is 0.188. The second-order valence-electron chi connectivity index (χ2n) is 4.70. The zero-order chi connectivity index (χ0) is 14.7. The molecule has 3 aromatic rings. The van der Waals surface area contributed by atoms with Crippen LogP contribution < -0.4 is 0 Å². The Balaban J connectivity index is 1.90. The molecular formula is C16H14N4O. The van der Waals surface area contributed by atoms with Gasteiger partial charge in [-0.3, -0.25) is 0 Å². The maximum atomic E-state index is 8.96. The molecule has 5 heteroatoms. The van der Waals surface area contributed by atoms with Crippen LogP contribution in [0.3, 0.4) is 0 Å². The third kappa shape index (κ3) is 2.70. The van der Waals surface area contributed by atoms with Crippen molar-refractivity contribution in [2.75, 3.05) is 0 Å². The van der Waals surface area contributed by atoms with Crippen molar-refractivity contribution in [3.8, 4) is 17.7 Å². The number of nitrogens with zero attached hydrogens (tertiary/aromatic N) is 4. The number of hydrogen-bond acceptors (Lipinski definition) is 4. The summed E-state index contributed by atoms with van der Waals surface area (Å²) in [5.41, 5.74) is 2.60. The van der Waals surface area contributed by atoms with E-state index in [1.54, 1.807) is 6.07 Å². The highest BCUT2D eigenvalue weighted by Crippen LogP contribution is 2.20. The van der Waals surface area contributed by atoms with Crippen LogP contribution in [0.25, 0.3) is 11.6 Å². The summed E-state index contributed by atoms with van der Waals surface area (Å²) < 4.78 is 7.32. The first-order valence-electron chi connectivity index (χ1n) is 6.77. The molecule has 2 heterocycles. The van der Waals surface area contributed by atoms with Crippen molar-refractivity contribution in [2.24, 2.45) is 0 Å². The van der Waals surface area contributed by atoms with Crippen LogP contribution in [-0.4, -0.2) is 14.7 Å². The minimum absolute atomic E-state index is 0.522. The largest absolute Gasteiger partial charge is 0.339 e. The van der Waals surface area contributed by atoms with Crippen LogP contribution in [0.1, 0.15) is 23.9 Å². The lowest BCUT2D eigenvalue weighted by Gasteiger charge is -2.06. The predicted molar refractivity (Wildman–Crippen MR) is 77.4 cm³/mol. The van der Waals surface area contributed by atoms with Crippen LogP contribution in [0.4, 0.5) is 0 Å². The molecule has 0 aliphatic carbocycles. The molecule has 0 amide bonds. The number of hydrogen-bond donors (Lipinski definition) is 0. The SMILES string of the molecule is CCc1noc(-c2cccn2Cc2cccc(C#N)c2)n1. The van der Waals surface area contributed by atoms with Gasteiger partial charge in [-0.05, 0) is 29.8 Å². The molecular weight excluding hydrogens is 264 g/mol. The van der Waals surface area contributed by atoms with Gasteiger partial charge in [-0.2, -0.15) is 10.2 Å². The fourth-order valence-corrected chi connectivity index (χ4v) is 2.18. The normalized spacial score (nSPS) is 10.5. The molecule has 2 aromatic heterocycles. The number of aryl methyl sites for hydroxylation is 1. The second-order valence-corrected chi connectivity index (χ2v) is 4.70. The first-order chi connectivity index (χ1) is 10.3. The molecule has 0 fully saturated rings. The van der Waals surface area contributed by atoms with E-state index < -0.39 is 0 Å². The van der Waals surface area contributed by atoms with Crippen molar-refractivity contribution in [3.05, 3.63) is 59.5 Å². The van der Waals surface area contributed by atoms with Gasteiger partial charge < -0.3 is 9.09 Å². The van der Waals surface area contributed by atoms with Crippen molar-refractivity contribution in [3.63, 3.8) is 0 Å². The monoisotopic (exact) mass is 278 g/mol. The molecule has 0 bridgehead atoms. The molecule has 5 nitrogen and oxygen atoms in total. The van der Waals surface area contributed by atoms with Gasteiger partial charge in [-0.1, -0.05) is 24.2 Å². The molecule has 1 aromatic carbocycles. The molecule has 0 radical (unpaired) electrons. The molecule has 0 aliphatic heterocycles. The van der Waals surface area contributed by atoms with E-state index in [-0.39, 0.29) is 0 Å². The Morgan fingerprint density at radius 3 is 2.95 bits per heavy atom. The zero-order valence-electron chi connectivity index (χ0n) is 11.7. The van der Waals surface area contributed by atoms with E-state index >= 15 is 0 Å². The molecule has 3 rings (SSSR count). The highest BCUT2D eigenvalue weighted by Gasteiger charge is 2.12. The average Bonchev–Trinajstić information content (AvgIpc) is 3.16. The summed E-state index contributed by atoms with van der Waals surface area (Å²) in [5, 5.41) is 12.9. The van der Waals surface area contributed by atoms with Gasteiger partial charge in [0, 0.05) is 19.2 Å². The molecule has 21 heavy (non-hydrogen) atoms. The van der Waals surface area contributed by atoms with E-state index in [4.69, 9.17) is 9.78 Å². The van der Waals surface area contributed by atoms with Crippen molar-refractivity contribution < 1.29 is 4.52 Å². The number of nitriles is 1. The second kappa shape index (κ2) is 5.63. The minimum atomic E-state index is 0.522. The Kier molecular flexibility index (Phi) is 3.52. The first-order valence-corrected chi connectivity index (χ1v) is 6.77. The Bertz CT molecular complexity index is 794. The van der Waals surface area contributed by atoms with Gasteiger partial charge in [-0.25, -0.2) is 0 Å². The van der Waals surface area contributed by atoms with E-state index in [2.05, 4.69) is 16.2 Å². The summed E-state index contributed by atoms with van der Waals surface area (Å²) in [6, 6.07) is 13.6. The molecule has 0 saturated carbocycles. The maximum Gasteiger partial charge on any atom is 0.274 e. The summed E-state index contributed by atoms with van der Waals surface area (Å²) in [6.45, 7) is 2.64. The van der Waals surface area contributed by atoms with Gasteiger partial charge in [0.25, 0.3) is 5.89 Å². The van der Waals surface area contributed by atoms with Crippen LogP contribution in [-0.2, 0) is 13.0 Å². The Hall–Kier alpha value is -2.87. The smallest absolute Gasteiger partial charge is 0.274 e. The van der Waals surface area contributed by atoms with Crippen LogP contribution in [0, 0.1) is 11.3 Å².